The molecule has 3 rings (SSSR count). The Morgan fingerprint density at radius 2 is 2.10 bits per heavy atom. The van der Waals surface area contributed by atoms with Crippen LogP contribution in [0.25, 0.3) is 10.2 Å². The molecule has 0 spiro atoms. The van der Waals surface area contributed by atoms with Crippen LogP contribution in [-0.2, 0) is 0 Å². The lowest BCUT2D eigenvalue weighted by Crippen LogP contribution is -2.47. The van der Waals surface area contributed by atoms with Crippen LogP contribution in [0.15, 0.2) is 18.2 Å². The zero-order chi connectivity index (χ0) is 14.2. The fourth-order valence-electron chi connectivity index (χ4n) is 3.07. The van der Waals surface area contributed by atoms with Gasteiger partial charge in [0, 0.05) is 17.8 Å². The Balaban J connectivity index is 1.76. The Kier molecular flexibility index (Phi) is 3.56. The molecule has 5 heteroatoms. The molecule has 1 aromatic heterocycles. The number of rotatable bonds is 4. The predicted octanol–water partition coefficient (Wildman–Crippen LogP) is 3.16. The van der Waals surface area contributed by atoms with E-state index < -0.39 is 0 Å². The second-order valence-corrected chi connectivity index (χ2v) is 6.96. The minimum Gasteiger partial charge on any atom is -0.399 e. The van der Waals surface area contributed by atoms with Gasteiger partial charge in [-0.25, -0.2) is 4.98 Å². The van der Waals surface area contributed by atoms with Crippen LogP contribution in [0.3, 0.4) is 0 Å². The van der Waals surface area contributed by atoms with Crippen molar-refractivity contribution in [3.8, 4) is 0 Å². The topological polar surface area (TPSA) is 54.2 Å². The smallest absolute Gasteiger partial charge is 0.183 e. The van der Waals surface area contributed by atoms with Gasteiger partial charge in [-0.1, -0.05) is 24.2 Å². The number of thiazole rings is 1. The summed E-state index contributed by atoms with van der Waals surface area (Å²) < 4.78 is 1.15. The van der Waals surface area contributed by atoms with Gasteiger partial charge in [-0.05, 0) is 45.1 Å². The molecule has 0 radical (unpaired) electrons. The molecule has 20 heavy (non-hydrogen) atoms. The van der Waals surface area contributed by atoms with Gasteiger partial charge in [0.15, 0.2) is 5.13 Å². The maximum absolute atomic E-state index is 5.82. The molecule has 3 N–H and O–H groups in total. The molecule has 1 fully saturated rings. The zero-order valence-corrected chi connectivity index (χ0v) is 13.0. The summed E-state index contributed by atoms with van der Waals surface area (Å²) in [5.74, 6) is 0. The highest BCUT2D eigenvalue weighted by Crippen LogP contribution is 2.35. The first-order chi connectivity index (χ1) is 9.59. The van der Waals surface area contributed by atoms with Crippen LogP contribution in [-0.4, -0.2) is 36.1 Å². The number of aromatic nitrogens is 1. The third-order valence-electron chi connectivity index (χ3n) is 4.46. The normalized spacial score (nSPS) is 17.9. The molecular weight excluding hydrogens is 268 g/mol. The van der Waals surface area contributed by atoms with E-state index in [0.29, 0.717) is 0 Å². The molecule has 2 aromatic rings. The minimum atomic E-state index is 0.289. The molecule has 1 aliphatic rings. The SMILES string of the molecule is CN(C)C1(CNc2nc3ccc(N)cc3s2)CCCC1. The molecule has 0 bridgehead atoms. The Bertz CT molecular complexity index is 599. The lowest BCUT2D eigenvalue weighted by atomic mass is 9.96. The first kappa shape index (κ1) is 13.6. The first-order valence-corrected chi connectivity index (χ1v) is 7.98. The number of nitrogens with two attached hydrogens (primary N) is 1. The molecule has 0 aliphatic heterocycles. The molecule has 0 saturated heterocycles. The molecule has 0 atom stereocenters. The number of benzene rings is 1. The molecule has 1 aliphatic carbocycles. The second kappa shape index (κ2) is 5.22. The quantitative estimate of drug-likeness (QED) is 0.849. The standard InChI is InChI=1S/C15H22N4S/c1-19(2)15(7-3-4-8-15)10-17-14-18-12-6-5-11(16)9-13(12)20-14/h5-6,9H,3-4,7-8,10,16H2,1-2H3,(H,17,18). The van der Waals surface area contributed by atoms with Crippen molar-refractivity contribution in [3.05, 3.63) is 18.2 Å². The Hall–Kier alpha value is -1.33. The number of hydrogen-bond donors (Lipinski definition) is 2. The highest BCUT2D eigenvalue weighted by atomic mass is 32.1. The van der Waals surface area contributed by atoms with Crippen LogP contribution in [0.2, 0.25) is 0 Å². The lowest BCUT2D eigenvalue weighted by Gasteiger charge is -2.36. The fourth-order valence-corrected chi connectivity index (χ4v) is 3.98. The van der Waals surface area contributed by atoms with Gasteiger partial charge in [-0.3, -0.25) is 0 Å². The van der Waals surface area contributed by atoms with Gasteiger partial charge in [0.1, 0.15) is 0 Å². The molecule has 1 saturated carbocycles. The van der Waals surface area contributed by atoms with Crippen molar-refractivity contribution >= 4 is 32.4 Å². The molecule has 1 heterocycles. The number of anilines is 2. The van der Waals surface area contributed by atoms with E-state index in [1.807, 2.05) is 18.2 Å². The molecule has 0 unspecified atom stereocenters. The molecule has 108 valence electrons. The van der Waals surface area contributed by atoms with E-state index in [2.05, 4.69) is 29.3 Å². The van der Waals surface area contributed by atoms with E-state index >= 15 is 0 Å². The van der Waals surface area contributed by atoms with Crippen LogP contribution >= 0.6 is 11.3 Å². The van der Waals surface area contributed by atoms with Gasteiger partial charge in [-0.15, -0.1) is 0 Å². The van der Waals surface area contributed by atoms with E-state index in [1.54, 1.807) is 11.3 Å². The van der Waals surface area contributed by atoms with E-state index in [4.69, 9.17) is 5.73 Å². The van der Waals surface area contributed by atoms with Gasteiger partial charge >= 0.3 is 0 Å². The number of likely N-dealkylation sites (N-methyl/N-ethyl adjacent to an activating group) is 1. The Morgan fingerprint density at radius 1 is 1.35 bits per heavy atom. The fraction of sp³-hybridized carbons (Fsp3) is 0.533. The summed E-state index contributed by atoms with van der Waals surface area (Å²) in [5, 5.41) is 4.54. The largest absolute Gasteiger partial charge is 0.399 e. The van der Waals surface area contributed by atoms with E-state index in [1.165, 1.54) is 25.7 Å². The summed E-state index contributed by atoms with van der Waals surface area (Å²) in [6.07, 6.45) is 5.20. The van der Waals surface area contributed by atoms with E-state index in [9.17, 15) is 0 Å². The number of nitrogens with one attached hydrogen (secondary N) is 1. The van der Waals surface area contributed by atoms with Gasteiger partial charge in [0.25, 0.3) is 0 Å². The highest BCUT2D eigenvalue weighted by Gasteiger charge is 2.35. The molecule has 1 aromatic carbocycles. The summed E-state index contributed by atoms with van der Waals surface area (Å²) in [7, 11) is 4.37. The third kappa shape index (κ3) is 2.47. The average molecular weight is 290 g/mol. The van der Waals surface area contributed by atoms with Crippen molar-refractivity contribution in [1.82, 2.24) is 9.88 Å². The molecule has 4 nitrogen and oxygen atoms in total. The first-order valence-electron chi connectivity index (χ1n) is 7.16. The summed E-state index contributed by atoms with van der Waals surface area (Å²) in [6.45, 7) is 0.968. The average Bonchev–Trinajstić information content (AvgIpc) is 3.02. The lowest BCUT2D eigenvalue weighted by molar-refractivity contribution is 0.172. The minimum absolute atomic E-state index is 0.289. The van der Waals surface area contributed by atoms with Crippen molar-refractivity contribution in [3.63, 3.8) is 0 Å². The summed E-state index contributed by atoms with van der Waals surface area (Å²) >= 11 is 1.68. The number of nitrogen functional groups attached to an aromatic ring is 1. The summed E-state index contributed by atoms with van der Waals surface area (Å²) in [6, 6.07) is 5.89. The highest BCUT2D eigenvalue weighted by molar-refractivity contribution is 7.22. The maximum Gasteiger partial charge on any atom is 0.183 e. The van der Waals surface area contributed by atoms with Crippen LogP contribution in [0.1, 0.15) is 25.7 Å². The Labute approximate surface area is 124 Å². The van der Waals surface area contributed by atoms with Crippen molar-refractivity contribution in [2.75, 3.05) is 31.7 Å². The summed E-state index contributed by atoms with van der Waals surface area (Å²) in [4.78, 5) is 7.01. The number of hydrogen-bond acceptors (Lipinski definition) is 5. The second-order valence-electron chi connectivity index (χ2n) is 5.93. The summed E-state index contributed by atoms with van der Waals surface area (Å²) in [5.41, 5.74) is 7.93. The molecule has 0 amide bonds. The maximum atomic E-state index is 5.82. The van der Waals surface area contributed by atoms with E-state index in [-0.39, 0.29) is 5.54 Å². The van der Waals surface area contributed by atoms with Crippen molar-refractivity contribution in [2.24, 2.45) is 0 Å². The monoisotopic (exact) mass is 290 g/mol. The van der Waals surface area contributed by atoms with Crippen LogP contribution in [0, 0.1) is 0 Å². The zero-order valence-electron chi connectivity index (χ0n) is 12.1. The van der Waals surface area contributed by atoms with Crippen molar-refractivity contribution in [1.29, 1.82) is 0 Å². The van der Waals surface area contributed by atoms with Crippen molar-refractivity contribution in [2.45, 2.75) is 31.2 Å². The van der Waals surface area contributed by atoms with Crippen LogP contribution in [0.5, 0.6) is 0 Å². The third-order valence-corrected chi connectivity index (χ3v) is 5.44. The van der Waals surface area contributed by atoms with Crippen LogP contribution in [0.4, 0.5) is 10.8 Å². The van der Waals surface area contributed by atoms with Gasteiger partial charge in [0.05, 0.1) is 10.2 Å². The van der Waals surface area contributed by atoms with Gasteiger partial charge in [0.2, 0.25) is 0 Å². The van der Waals surface area contributed by atoms with Gasteiger partial charge < -0.3 is 16.0 Å². The van der Waals surface area contributed by atoms with Crippen LogP contribution < -0.4 is 11.1 Å². The molecular formula is C15H22N4S. The number of nitrogens with zero attached hydrogens (tertiary/aromatic N) is 2. The predicted molar refractivity (Wildman–Crippen MR) is 87.4 cm³/mol. The number of fused-ring (bicyclic) bond motifs is 1. The Morgan fingerprint density at radius 3 is 2.80 bits per heavy atom. The van der Waals surface area contributed by atoms with E-state index in [0.717, 1.165) is 27.6 Å². The van der Waals surface area contributed by atoms with Crippen molar-refractivity contribution < 1.29 is 0 Å². The van der Waals surface area contributed by atoms with Gasteiger partial charge in [-0.2, -0.15) is 0 Å².